The van der Waals surface area contributed by atoms with Crippen molar-refractivity contribution >= 4 is 22.9 Å². The van der Waals surface area contributed by atoms with E-state index in [9.17, 15) is 9.18 Å². The van der Waals surface area contributed by atoms with Crippen molar-refractivity contribution in [3.05, 3.63) is 34.7 Å². The van der Waals surface area contributed by atoms with Crippen molar-refractivity contribution in [2.75, 3.05) is 12.3 Å². The fourth-order valence-corrected chi connectivity index (χ4v) is 16.2. The summed E-state index contributed by atoms with van der Waals surface area (Å²) < 4.78 is 42.5. The minimum absolute atomic E-state index is 0.0880. The Bertz CT molecular complexity index is 921. The van der Waals surface area contributed by atoms with Crippen LogP contribution in [0.3, 0.4) is 0 Å². The number of anilines is 1. The standard InChI is InChI=1S/C22H38FN3O5Si2/c1-13(2)32(14(3)4)28-12-18-20(30-33(31-32,15(5)6)16(7)8)17(11-23)21(29-18)26-10-9-19(24)25-22(26)27/h9-11,13-16,18,20-21H,12H2,1-8H3,(H2,24,25,27)/t18-,20+,21?/m1/s1. The van der Waals surface area contributed by atoms with Crippen LogP contribution in [-0.2, 0) is 17.7 Å². The Morgan fingerprint density at radius 1 is 1.09 bits per heavy atom. The van der Waals surface area contributed by atoms with Gasteiger partial charge in [-0.3, -0.25) is 4.57 Å². The van der Waals surface area contributed by atoms with Crippen LogP contribution in [0.2, 0.25) is 22.2 Å². The smallest absolute Gasteiger partial charge is 0.351 e. The SMILES string of the molecule is CC(C)[Si]1(C(C)C)OC[C@H]2OC(n3ccc(N)nc3=O)C(=CF)[C@@H]2O[Si](C(C)C)(C(C)C)O1. The van der Waals surface area contributed by atoms with Gasteiger partial charge in [0.25, 0.3) is 0 Å². The molecule has 0 amide bonds. The second kappa shape index (κ2) is 9.70. The summed E-state index contributed by atoms with van der Waals surface area (Å²) in [7, 11) is -5.70. The zero-order chi connectivity index (χ0) is 24.7. The van der Waals surface area contributed by atoms with Crippen LogP contribution in [0, 0.1) is 0 Å². The highest BCUT2D eigenvalue weighted by molar-refractivity contribution is 6.84. The lowest BCUT2D eigenvalue weighted by Crippen LogP contribution is -2.65. The molecule has 2 saturated heterocycles. The van der Waals surface area contributed by atoms with Gasteiger partial charge in [0.1, 0.15) is 18.0 Å². The molecule has 3 rings (SSSR count). The largest absolute Gasteiger partial charge is 0.414 e. The number of aromatic nitrogens is 2. The maximum atomic E-state index is 14.4. The molecule has 2 fully saturated rings. The molecule has 1 unspecified atom stereocenters. The molecule has 3 atom stereocenters. The molecule has 8 nitrogen and oxygen atoms in total. The van der Waals surface area contributed by atoms with E-state index >= 15 is 0 Å². The Morgan fingerprint density at radius 2 is 1.67 bits per heavy atom. The number of hydrogen-bond acceptors (Lipinski definition) is 7. The molecular weight excluding hydrogens is 461 g/mol. The Labute approximate surface area is 197 Å². The van der Waals surface area contributed by atoms with E-state index in [2.05, 4.69) is 60.4 Å². The summed E-state index contributed by atoms with van der Waals surface area (Å²) in [4.78, 5) is 16.3. The molecule has 0 aliphatic carbocycles. The van der Waals surface area contributed by atoms with Gasteiger partial charge >= 0.3 is 22.8 Å². The van der Waals surface area contributed by atoms with E-state index in [-0.39, 0.29) is 40.2 Å². The third kappa shape index (κ3) is 4.51. The first-order chi connectivity index (χ1) is 15.4. The van der Waals surface area contributed by atoms with Gasteiger partial charge in [-0.2, -0.15) is 4.98 Å². The van der Waals surface area contributed by atoms with Gasteiger partial charge < -0.3 is 23.4 Å². The Balaban J connectivity index is 2.13. The lowest BCUT2D eigenvalue weighted by molar-refractivity contribution is -0.0561. The molecule has 3 heterocycles. The zero-order valence-corrected chi connectivity index (χ0v) is 22.9. The predicted molar refractivity (Wildman–Crippen MR) is 130 cm³/mol. The van der Waals surface area contributed by atoms with Crippen LogP contribution in [-0.4, -0.2) is 45.5 Å². The van der Waals surface area contributed by atoms with E-state index in [1.54, 1.807) is 0 Å². The fraction of sp³-hybridized carbons (Fsp3) is 0.727. The molecular formula is C22H38FN3O5Si2. The summed E-state index contributed by atoms with van der Waals surface area (Å²) in [5, 5.41) is 0. The monoisotopic (exact) mass is 499 g/mol. The normalized spacial score (nSPS) is 28.5. The lowest BCUT2D eigenvalue weighted by Gasteiger charge is -2.51. The second-order valence-corrected chi connectivity index (χ2v) is 19.0. The minimum Gasteiger partial charge on any atom is -0.414 e. The molecule has 2 aliphatic rings. The van der Waals surface area contributed by atoms with E-state index in [0.29, 0.717) is 6.33 Å². The van der Waals surface area contributed by atoms with Gasteiger partial charge in [0, 0.05) is 11.8 Å². The summed E-state index contributed by atoms with van der Waals surface area (Å²) in [6.07, 6.45) is -0.361. The van der Waals surface area contributed by atoms with Gasteiger partial charge in [-0.15, -0.1) is 0 Å². The fourth-order valence-electron chi connectivity index (χ4n) is 5.01. The highest BCUT2D eigenvalue weighted by Gasteiger charge is 2.61. The Hall–Kier alpha value is -1.38. The second-order valence-electron chi connectivity index (χ2n) is 10.2. The number of ether oxygens (including phenoxy) is 1. The van der Waals surface area contributed by atoms with Crippen LogP contribution in [0.5, 0.6) is 0 Å². The maximum absolute atomic E-state index is 14.4. The van der Waals surface area contributed by atoms with Gasteiger partial charge in [-0.1, -0.05) is 55.4 Å². The Morgan fingerprint density at radius 3 is 2.15 bits per heavy atom. The summed E-state index contributed by atoms with van der Waals surface area (Å²) in [6.45, 7) is 17.1. The van der Waals surface area contributed by atoms with Crippen LogP contribution in [0.25, 0.3) is 0 Å². The van der Waals surface area contributed by atoms with Crippen molar-refractivity contribution in [3.63, 3.8) is 0 Å². The van der Waals surface area contributed by atoms with Gasteiger partial charge in [0.05, 0.1) is 12.9 Å². The molecule has 1 aromatic rings. The number of nitrogens with zero attached hydrogens (tertiary/aromatic N) is 2. The average molecular weight is 500 g/mol. The molecule has 2 aliphatic heterocycles. The highest BCUT2D eigenvalue weighted by atomic mass is 28.5. The molecule has 11 heteroatoms. The summed E-state index contributed by atoms with van der Waals surface area (Å²) in [6, 6.07) is 1.48. The van der Waals surface area contributed by atoms with Crippen molar-refractivity contribution < 1.29 is 22.1 Å². The topological polar surface area (TPSA) is 97.8 Å². The number of nitrogens with two attached hydrogens (primary N) is 1. The first kappa shape index (κ1) is 26.2. The molecule has 1 aromatic heterocycles. The Kier molecular flexibility index (Phi) is 7.71. The molecule has 0 radical (unpaired) electrons. The van der Waals surface area contributed by atoms with Crippen LogP contribution in [0.4, 0.5) is 10.2 Å². The van der Waals surface area contributed by atoms with Crippen molar-refractivity contribution in [3.8, 4) is 0 Å². The van der Waals surface area contributed by atoms with Crippen molar-refractivity contribution in [1.29, 1.82) is 0 Å². The first-order valence-electron chi connectivity index (χ1n) is 11.7. The maximum Gasteiger partial charge on any atom is 0.351 e. The van der Waals surface area contributed by atoms with Crippen LogP contribution >= 0.6 is 0 Å². The van der Waals surface area contributed by atoms with Crippen molar-refractivity contribution in [2.24, 2.45) is 0 Å². The van der Waals surface area contributed by atoms with Crippen LogP contribution < -0.4 is 11.4 Å². The van der Waals surface area contributed by atoms with E-state index in [0.717, 1.165) is 0 Å². The van der Waals surface area contributed by atoms with E-state index in [1.165, 1.54) is 16.8 Å². The third-order valence-corrected chi connectivity index (χ3v) is 17.0. The molecule has 33 heavy (non-hydrogen) atoms. The summed E-state index contributed by atoms with van der Waals surface area (Å²) in [5.74, 6) is 0.0923. The molecule has 0 aromatic carbocycles. The summed E-state index contributed by atoms with van der Waals surface area (Å²) in [5.41, 5.74) is 5.78. The average Bonchev–Trinajstić information content (AvgIpc) is 3.03. The summed E-state index contributed by atoms with van der Waals surface area (Å²) >= 11 is 0. The van der Waals surface area contributed by atoms with Gasteiger partial charge in [0.15, 0.2) is 6.23 Å². The molecule has 2 N–H and O–H groups in total. The van der Waals surface area contributed by atoms with E-state index in [4.69, 9.17) is 23.4 Å². The van der Waals surface area contributed by atoms with E-state index in [1.807, 2.05) is 0 Å². The molecule has 0 spiro atoms. The van der Waals surface area contributed by atoms with Gasteiger partial charge in [0.2, 0.25) is 0 Å². The first-order valence-corrected chi connectivity index (χ1v) is 15.7. The number of rotatable bonds is 5. The lowest BCUT2D eigenvalue weighted by atomic mass is 10.1. The third-order valence-electron chi connectivity index (χ3n) is 6.81. The molecule has 0 saturated carbocycles. The van der Waals surface area contributed by atoms with E-state index < -0.39 is 41.2 Å². The molecule has 186 valence electrons. The number of fused-ring (bicyclic) bond motifs is 1. The predicted octanol–water partition coefficient (Wildman–Crippen LogP) is 4.53. The van der Waals surface area contributed by atoms with Gasteiger partial charge in [-0.05, 0) is 28.2 Å². The highest BCUT2D eigenvalue weighted by Crippen LogP contribution is 2.49. The molecule has 0 bridgehead atoms. The number of nitrogen functional groups attached to an aromatic ring is 1. The van der Waals surface area contributed by atoms with Crippen molar-refractivity contribution in [2.45, 2.75) is 96.0 Å². The zero-order valence-electron chi connectivity index (χ0n) is 20.9. The van der Waals surface area contributed by atoms with Crippen LogP contribution in [0.1, 0.15) is 61.6 Å². The van der Waals surface area contributed by atoms with Crippen LogP contribution in [0.15, 0.2) is 29.0 Å². The number of halogens is 1. The number of hydrogen-bond donors (Lipinski definition) is 1. The quantitative estimate of drug-likeness (QED) is 0.594. The minimum atomic E-state index is -2.95. The van der Waals surface area contributed by atoms with Crippen molar-refractivity contribution in [1.82, 2.24) is 9.55 Å². The van der Waals surface area contributed by atoms with Gasteiger partial charge in [-0.25, -0.2) is 9.18 Å².